The van der Waals surface area contributed by atoms with Gasteiger partial charge in [-0.2, -0.15) is 0 Å². The molecule has 0 amide bonds. The molecule has 1 unspecified atom stereocenters. The molecule has 0 aromatic carbocycles. The molecule has 3 heteroatoms. The van der Waals surface area contributed by atoms with E-state index in [-0.39, 0.29) is 5.72 Å². The molecule has 0 aliphatic carbocycles. The van der Waals surface area contributed by atoms with Crippen molar-refractivity contribution in [2.75, 3.05) is 0 Å². The lowest BCUT2D eigenvalue weighted by Crippen LogP contribution is -1.87. The highest BCUT2D eigenvalue weighted by molar-refractivity contribution is 8.07. The summed E-state index contributed by atoms with van der Waals surface area (Å²) in [6, 6.07) is 0. The van der Waals surface area contributed by atoms with Crippen LogP contribution < -0.4 is 0 Å². The molecule has 0 saturated heterocycles. The minimum atomic E-state index is 0.123. The molecule has 5 heavy (non-hydrogen) atoms. The highest BCUT2D eigenvalue weighted by atomic mass is 32.1. The van der Waals surface area contributed by atoms with Crippen LogP contribution in [0.1, 0.15) is 6.92 Å². The monoisotopic (exact) mass is 83.0 g/mol. The molecule has 25 valence electrons. The van der Waals surface area contributed by atoms with Gasteiger partial charge in [0, 0.05) is 0 Å². The predicted octanol–water partition coefficient (Wildman–Crippen LogP) is 0.470. The van der Waals surface area contributed by atoms with Crippen molar-refractivity contribution in [3.63, 3.8) is 0 Å². The minimum absolute atomic E-state index is 0.123. The fourth-order valence-corrected chi connectivity index (χ4v) is 0. The van der Waals surface area contributed by atoms with E-state index in [0.717, 1.165) is 0 Å². The van der Waals surface area contributed by atoms with Crippen LogP contribution in [0.25, 0.3) is 0 Å². The predicted molar refractivity (Wildman–Crippen MR) is 29.9 cm³/mol. The van der Waals surface area contributed by atoms with Crippen LogP contribution in [-0.2, 0) is 0 Å². The van der Waals surface area contributed by atoms with Crippen LogP contribution in [-0.4, -0.2) is 14.4 Å². The Bertz CT molecular complexity index is 21.6. The Labute approximate surface area is 40.3 Å². The maximum absolute atomic E-state index is 5.16. The first-order valence-electron chi connectivity index (χ1n) is 1.50. The zero-order valence-corrected chi connectivity index (χ0v) is 4.07. The van der Waals surface area contributed by atoms with Crippen molar-refractivity contribution in [2.24, 2.45) is 0 Å². The summed E-state index contributed by atoms with van der Waals surface area (Å²) in [7, 11) is 5.16. The van der Waals surface area contributed by atoms with E-state index in [9.17, 15) is 0 Å². The van der Waals surface area contributed by atoms with E-state index in [0.29, 0.717) is 0 Å². The molecule has 0 fully saturated rings. The minimum Gasteiger partial charge on any atom is -0.235 e. The third kappa shape index (κ3) is 4.48. The molecule has 0 aliphatic rings. The standard InChI is InChI=1S/C2H5B2S/c1-2(3)4-5/h2,5H,1H3. The van der Waals surface area contributed by atoms with E-state index in [1.54, 1.807) is 6.56 Å². The topological polar surface area (TPSA) is 0 Å². The third-order valence-corrected chi connectivity index (χ3v) is 0.705. The molecule has 0 spiro atoms. The summed E-state index contributed by atoms with van der Waals surface area (Å²) in [5, 5.41) is 0. The summed E-state index contributed by atoms with van der Waals surface area (Å²) in [6.45, 7) is 3.51. The van der Waals surface area contributed by atoms with E-state index < -0.39 is 0 Å². The molecule has 0 N–H and O–H groups in total. The molecule has 3 radical (unpaired) electrons. The van der Waals surface area contributed by atoms with Crippen LogP contribution in [0.2, 0.25) is 5.72 Å². The average molecular weight is 82.8 g/mol. The zero-order chi connectivity index (χ0) is 4.28. The first kappa shape index (κ1) is 5.48. The molecule has 0 nitrogen and oxygen atoms in total. The fourth-order valence-electron chi connectivity index (χ4n) is 0. The average Bonchev–Trinajstić information content (AvgIpc) is 1.38. The molecule has 0 aromatic rings. The van der Waals surface area contributed by atoms with Gasteiger partial charge in [0.05, 0.1) is 7.85 Å². The quantitative estimate of drug-likeness (QED) is 0.345. The van der Waals surface area contributed by atoms with Gasteiger partial charge in [-0.1, -0.05) is 12.6 Å². The van der Waals surface area contributed by atoms with Gasteiger partial charge >= 0.3 is 0 Å². The van der Waals surface area contributed by atoms with Crippen LogP contribution in [0.3, 0.4) is 0 Å². The zero-order valence-electron chi connectivity index (χ0n) is 3.18. The Morgan fingerprint density at radius 1 is 2.00 bits per heavy atom. The van der Waals surface area contributed by atoms with E-state index in [4.69, 9.17) is 7.85 Å². The Balaban J connectivity index is 2.54. The molecule has 1 atom stereocenters. The molecule has 0 aliphatic heterocycles. The van der Waals surface area contributed by atoms with Gasteiger partial charge in [0.2, 0.25) is 0 Å². The van der Waals surface area contributed by atoms with E-state index in [1.165, 1.54) is 0 Å². The SMILES string of the molecule is [B]C(C)[B]S. The normalized spacial score (nSPS) is 14.0. The molecule has 0 saturated carbocycles. The van der Waals surface area contributed by atoms with E-state index in [1.807, 2.05) is 6.92 Å². The second kappa shape index (κ2) is 2.70. The maximum atomic E-state index is 5.16. The van der Waals surface area contributed by atoms with Crippen molar-refractivity contribution in [3.8, 4) is 0 Å². The van der Waals surface area contributed by atoms with Gasteiger partial charge in [0.15, 0.2) is 6.56 Å². The summed E-state index contributed by atoms with van der Waals surface area (Å²) in [4.78, 5) is 0. The van der Waals surface area contributed by atoms with Crippen molar-refractivity contribution in [2.45, 2.75) is 12.6 Å². The molecule has 0 rings (SSSR count). The first-order valence-corrected chi connectivity index (χ1v) is 2.02. The summed E-state index contributed by atoms with van der Waals surface area (Å²) < 4.78 is 0. The molecule has 0 heterocycles. The Morgan fingerprint density at radius 3 is 2.20 bits per heavy atom. The van der Waals surface area contributed by atoms with Crippen LogP contribution >= 0.6 is 12.5 Å². The summed E-state index contributed by atoms with van der Waals surface area (Å²) >= 11 is 3.77. The van der Waals surface area contributed by atoms with Gasteiger partial charge in [0.25, 0.3) is 0 Å². The lowest BCUT2D eigenvalue weighted by atomic mass is 9.72. The number of hydrogen-bond donors (Lipinski definition) is 1. The van der Waals surface area contributed by atoms with Gasteiger partial charge in [-0.25, -0.2) is 12.5 Å². The van der Waals surface area contributed by atoms with Crippen molar-refractivity contribution in [3.05, 3.63) is 0 Å². The largest absolute Gasteiger partial charge is 0.235 e. The first-order chi connectivity index (χ1) is 2.27. The van der Waals surface area contributed by atoms with Gasteiger partial charge in [-0.15, -0.1) is 0 Å². The van der Waals surface area contributed by atoms with Gasteiger partial charge < -0.3 is 0 Å². The molecular weight excluding hydrogens is 77.7 g/mol. The van der Waals surface area contributed by atoms with Crippen molar-refractivity contribution in [1.82, 2.24) is 0 Å². The third-order valence-electron chi connectivity index (χ3n) is 0.235. The molecular formula is C2H5B2S. The Hall–Kier alpha value is 0.480. The smallest absolute Gasteiger partial charge is 0.181 e. The lowest BCUT2D eigenvalue weighted by molar-refractivity contribution is 1.36. The summed E-state index contributed by atoms with van der Waals surface area (Å²) in [6.07, 6.45) is 0. The summed E-state index contributed by atoms with van der Waals surface area (Å²) in [5.74, 6) is 0. The second-order valence-corrected chi connectivity index (χ2v) is 1.31. The lowest BCUT2D eigenvalue weighted by Gasteiger charge is -1.87. The van der Waals surface area contributed by atoms with Crippen LogP contribution in [0, 0.1) is 0 Å². The Morgan fingerprint density at radius 2 is 2.20 bits per heavy atom. The summed E-state index contributed by atoms with van der Waals surface area (Å²) in [5.41, 5.74) is 0.123. The second-order valence-electron chi connectivity index (χ2n) is 1.01. The molecule has 0 aromatic heterocycles. The highest BCUT2D eigenvalue weighted by Gasteiger charge is 1.84. The van der Waals surface area contributed by atoms with Crippen molar-refractivity contribution >= 4 is 26.9 Å². The van der Waals surface area contributed by atoms with Gasteiger partial charge in [-0.3, -0.25) is 0 Å². The van der Waals surface area contributed by atoms with Gasteiger partial charge in [0.1, 0.15) is 0 Å². The van der Waals surface area contributed by atoms with Gasteiger partial charge in [-0.05, 0) is 0 Å². The van der Waals surface area contributed by atoms with Crippen LogP contribution in [0.4, 0.5) is 0 Å². The highest BCUT2D eigenvalue weighted by Crippen LogP contribution is 1.90. The molecule has 0 bridgehead atoms. The van der Waals surface area contributed by atoms with E-state index in [2.05, 4.69) is 12.5 Å². The van der Waals surface area contributed by atoms with E-state index >= 15 is 0 Å². The van der Waals surface area contributed by atoms with Crippen molar-refractivity contribution in [1.29, 1.82) is 0 Å². The van der Waals surface area contributed by atoms with Crippen LogP contribution in [0.15, 0.2) is 0 Å². The maximum Gasteiger partial charge on any atom is 0.181 e. The number of thiol groups is 1. The fraction of sp³-hybridized carbons (Fsp3) is 1.00. The Kier molecular flexibility index (Phi) is 2.96. The van der Waals surface area contributed by atoms with Crippen LogP contribution in [0.5, 0.6) is 0 Å². The number of hydrogen-bond acceptors (Lipinski definition) is 1. The van der Waals surface area contributed by atoms with Crippen molar-refractivity contribution < 1.29 is 0 Å². The number of rotatable bonds is 1.